The summed E-state index contributed by atoms with van der Waals surface area (Å²) in [7, 11) is 0. The second kappa shape index (κ2) is 5.97. The standard InChI is InChI=1S/C13H23N3O4/c1-13(20,6-11(17)18)8-14-12(19)15-9-4-5-16(7-9)10-2-3-10/h9-10,20H,2-8H2,1H3,(H,17,18)(H2,14,15,19). The number of aliphatic carboxylic acids is 1. The fourth-order valence-corrected chi connectivity index (χ4v) is 2.57. The molecule has 2 rings (SSSR count). The molecule has 0 aromatic carbocycles. The molecule has 0 spiro atoms. The number of rotatable bonds is 6. The van der Waals surface area contributed by atoms with Crippen LogP contribution in [0.1, 0.15) is 32.6 Å². The average Bonchev–Trinajstić information content (AvgIpc) is 3.07. The summed E-state index contributed by atoms with van der Waals surface area (Å²) < 4.78 is 0. The highest BCUT2D eigenvalue weighted by atomic mass is 16.4. The molecular formula is C13H23N3O4. The van der Waals surface area contributed by atoms with Crippen molar-refractivity contribution in [2.45, 2.75) is 50.3 Å². The van der Waals surface area contributed by atoms with E-state index in [2.05, 4.69) is 15.5 Å². The smallest absolute Gasteiger partial charge is 0.315 e. The summed E-state index contributed by atoms with van der Waals surface area (Å²) in [5.41, 5.74) is -1.43. The van der Waals surface area contributed by atoms with Gasteiger partial charge in [0, 0.05) is 31.7 Å². The van der Waals surface area contributed by atoms with E-state index in [9.17, 15) is 14.7 Å². The zero-order chi connectivity index (χ0) is 14.8. The van der Waals surface area contributed by atoms with Gasteiger partial charge in [-0.1, -0.05) is 0 Å². The van der Waals surface area contributed by atoms with Crippen molar-refractivity contribution < 1.29 is 19.8 Å². The highest BCUT2D eigenvalue weighted by Gasteiger charge is 2.35. The van der Waals surface area contributed by atoms with Gasteiger partial charge in [0.25, 0.3) is 0 Å². The highest BCUT2D eigenvalue weighted by molar-refractivity contribution is 5.74. The van der Waals surface area contributed by atoms with Crippen LogP contribution >= 0.6 is 0 Å². The summed E-state index contributed by atoms with van der Waals surface area (Å²) in [5.74, 6) is -1.09. The summed E-state index contributed by atoms with van der Waals surface area (Å²) >= 11 is 0. The van der Waals surface area contributed by atoms with E-state index in [1.165, 1.54) is 19.8 Å². The Balaban J connectivity index is 1.66. The van der Waals surface area contributed by atoms with Gasteiger partial charge in [-0.3, -0.25) is 9.69 Å². The minimum Gasteiger partial charge on any atom is -0.481 e. The van der Waals surface area contributed by atoms with Crippen LogP contribution in [0.25, 0.3) is 0 Å². The van der Waals surface area contributed by atoms with E-state index in [0.29, 0.717) is 6.04 Å². The number of carbonyl (C=O) groups excluding carboxylic acids is 1. The number of nitrogens with one attached hydrogen (secondary N) is 2. The zero-order valence-electron chi connectivity index (χ0n) is 11.8. The van der Waals surface area contributed by atoms with E-state index in [-0.39, 0.29) is 18.6 Å². The molecular weight excluding hydrogens is 262 g/mol. The summed E-state index contributed by atoms with van der Waals surface area (Å²) in [6.45, 7) is 3.21. The van der Waals surface area contributed by atoms with Crippen molar-refractivity contribution in [2.24, 2.45) is 0 Å². The maximum Gasteiger partial charge on any atom is 0.315 e. The molecule has 2 unspecified atom stereocenters. The Bertz CT molecular complexity index is 382. The number of urea groups is 1. The number of hydrogen-bond donors (Lipinski definition) is 4. The predicted molar refractivity (Wildman–Crippen MR) is 72.4 cm³/mol. The first-order chi connectivity index (χ1) is 9.35. The van der Waals surface area contributed by atoms with Gasteiger partial charge in [-0.25, -0.2) is 4.79 Å². The van der Waals surface area contributed by atoms with Gasteiger partial charge in [-0.15, -0.1) is 0 Å². The van der Waals surface area contributed by atoms with E-state index < -0.39 is 18.0 Å². The van der Waals surface area contributed by atoms with Crippen LogP contribution in [0.2, 0.25) is 0 Å². The maximum absolute atomic E-state index is 11.7. The van der Waals surface area contributed by atoms with Crippen molar-refractivity contribution in [3.63, 3.8) is 0 Å². The number of carboxylic acid groups (broad SMARTS) is 1. The van der Waals surface area contributed by atoms with Crippen molar-refractivity contribution in [1.29, 1.82) is 0 Å². The zero-order valence-corrected chi connectivity index (χ0v) is 11.8. The molecule has 7 nitrogen and oxygen atoms in total. The van der Waals surface area contributed by atoms with Crippen LogP contribution in [0.15, 0.2) is 0 Å². The van der Waals surface area contributed by atoms with Crippen LogP contribution in [-0.2, 0) is 4.79 Å². The van der Waals surface area contributed by atoms with Gasteiger partial charge in [-0.05, 0) is 26.2 Å². The van der Waals surface area contributed by atoms with Gasteiger partial charge in [0.05, 0.1) is 12.0 Å². The molecule has 1 saturated carbocycles. The maximum atomic E-state index is 11.7. The van der Waals surface area contributed by atoms with E-state index in [1.807, 2.05) is 0 Å². The Morgan fingerprint density at radius 2 is 2.05 bits per heavy atom. The van der Waals surface area contributed by atoms with Crippen LogP contribution in [0.3, 0.4) is 0 Å². The topological polar surface area (TPSA) is 102 Å². The molecule has 0 aromatic rings. The Kier molecular flexibility index (Phi) is 4.49. The molecule has 1 heterocycles. The van der Waals surface area contributed by atoms with Crippen molar-refractivity contribution in [2.75, 3.05) is 19.6 Å². The third-order valence-corrected chi connectivity index (χ3v) is 3.78. The molecule has 7 heteroatoms. The molecule has 0 bridgehead atoms. The molecule has 2 aliphatic rings. The van der Waals surface area contributed by atoms with Gasteiger partial charge >= 0.3 is 12.0 Å². The molecule has 20 heavy (non-hydrogen) atoms. The van der Waals surface area contributed by atoms with Gasteiger partial charge in [-0.2, -0.15) is 0 Å². The second-order valence-corrected chi connectivity index (χ2v) is 6.11. The number of aliphatic hydroxyl groups is 1. The Morgan fingerprint density at radius 1 is 1.35 bits per heavy atom. The summed E-state index contributed by atoms with van der Waals surface area (Å²) in [6.07, 6.45) is 3.07. The average molecular weight is 285 g/mol. The molecule has 2 fully saturated rings. The van der Waals surface area contributed by atoms with Crippen LogP contribution in [0, 0.1) is 0 Å². The fourth-order valence-electron chi connectivity index (χ4n) is 2.57. The molecule has 1 aliphatic carbocycles. The molecule has 2 atom stereocenters. The number of hydrogen-bond acceptors (Lipinski definition) is 4. The number of amides is 2. The molecule has 1 saturated heterocycles. The molecule has 0 aromatic heterocycles. The number of carboxylic acids is 1. The van der Waals surface area contributed by atoms with Gasteiger partial charge in [0.2, 0.25) is 0 Å². The normalized spacial score (nSPS) is 26.0. The van der Waals surface area contributed by atoms with E-state index in [1.54, 1.807) is 0 Å². The third-order valence-electron chi connectivity index (χ3n) is 3.78. The second-order valence-electron chi connectivity index (χ2n) is 6.11. The predicted octanol–water partition coefficient (Wildman–Crippen LogP) is -0.252. The van der Waals surface area contributed by atoms with Crippen molar-refractivity contribution >= 4 is 12.0 Å². The lowest BCUT2D eigenvalue weighted by atomic mass is 10.0. The van der Waals surface area contributed by atoms with E-state index >= 15 is 0 Å². The Hall–Kier alpha value is -1.34. The van der Waals surface area contributed by atoms with E-state index in [0.717, 1.165) is 19.5 Å². The Labute approximate surface area is 118 Å². The molecule has 2 amide bonds. The minimum atomic E-state index is -1.43. The lowest BCUT2D eigenvalue weighted by Crippen LogP contribution is -2.49. The molecule has 4 N–H and O–H groups in total. The van der Waals surface area contributed by atoms with Crippen molar-refractivity contribution in [1.82, 2.24) is 15.5 Å². The van der Waals surface area contributed by atoms with Crippen LogP contribution in [-0.4, -0.2) is 64.4 Å². The number of carbonyl (C=O) groups is 2. The highest BCUT2D eigenvalue weighted by Crippen LogP contribution is 2.29. The van der Waals surface area contributed by atoms with Gasteiger partial charge in [0.1, 0.15) is 0 Å². The molecule has 0 radical (unpaired) electrons. The number of nitrogens with zero attached hydrogens (tertiary/aromatic N) is 1. The first-order valence-corrected chi connectivity index (χ1v) is 7.08. The fraction of sp³-hybridized carbons (Fsp3) is 0.846. The lowest BCUT2D eigenvalue weighted by molar-refractivity contribution is -0.141. The van der Waals surface area contributed by atoms with Crippen molar-refractivity contribution in [3.8, 4) is 0 Å². The quantitative estimate of drug-likeness (QED) is 0.539. The monoisotopic (exact) mass is 285 g/mol. The Morgan fingerprint density at radius 3 is 2.65 bits per heavy atom. The van der Waals surface area contributed by atoms with Crippen LogP contribution < -0.4 is 10.6 Å². The third kappa shape index (κ3) is 4.64. The SMILES string of the molecule is CC(O)(CNC(=O)NC1CCN(C2CC2)C1)CC(=O)O. The lowest BCUT2D eigenvalue weighted by Gasteiger charge is -2.22. The summed E-state index contributed by atoms with van der Waals surface area (Å²) in [4.78, 5) is 24.7. The summed E-state index contributed by atoms with van der Waals surface area (Å²) in [5, 5.41) is 23.8. The first kappa shape index (κ1) is 15.1. The van der Waals surface area contributed by atoms with Crippen LogP contribution in [0.5, 0.6) is 0 Å². The summed E-state index contributed by atoms with van der Waals surface area (Å²) in [6, 6.07) is 0.500. The molecule has 114 valence electrons. The largest absolute Gasteiger partial charge is 0.481 e. The first-order valence-electron chi connectivity index (χ1n) is 7.08. The number of likely N-dealkylation sites (tertiary alicyclic amines) is 1. The van der Waals surface area contributed by atoms with E-state index in [4.69, 9.17) is 5.11 Å². The van der Waals surface area contributed by atoms with Crippen molar-refractivity contribution in [3.05, 3.63) is 0 Å². The minimum absolute atomic E-state index is 0.0792. The van der Waals surface area contributed by atoms with Crippen LogP contribution in [0.4, 0.5) is 4.79 Å². The van der Waals surface area contributed by atoms with Gasteiger partial charge < -0.3 is 20.8 Å². The van der Waals surface area contributed by atoms with Gasteiger partial charge in [0.15, 0.2) is 0 Å². The molecule has 1 aliphatic heterocycles.